The number of nitrogens with zero attached hydrogens (tertiary/aromatic N) is 2. The summed E-state index contributed by atoms with van der Waals surface area (Å²) >= 11 is 1.46. The number of hydrogen-bond donors (Lipinski definition) is 1. The van der Waals surface area contributed by atoms with Crippen molar-refractivity contribution in [3.8, 4) is 0 Å². The number of anilines is 1. The van der Waals surface area contributed by atoms with Crippen LogP contribution in [0, 0.1) is 5.41 Å². The lowest BCUT2D eigenvalue weighted by atomic mass is 9.82. The number of hydrogen-bond acceptors (Lipinski definition) is 4. The topological polar surface area (TPSA) is 53.4 Å². The molecule has 5 heteroatoms. The minimum Gasteiger partial charge on any atom is -0.481 e. The van der Waals surface area contributed by atoms with Gasteiger partial charge in [0.25, 0.3) is 0 Å². The van der Waals surface area contributed by atoms with Crippen LogP contribution in [-0.2, 0) is 4.79 Å². The lowest BCUT2D eigenvalue weighted by Gasteiger charge is -2.38. The van der Waals surface area contributed by atoms with Crippen LogP contribution in [0.25, 0.3) is 10.9 Å². The van der Waals surface area contributed by atoms with Gasteiger partial charge in [0.1, 0.15) is 5.00 Å². The molecule has 1 N–H and O–H groups in total. The van der Waals surface area contributed by atoms with Gasteiger partial charge < -0.3 is 10.0 Å². The maximum absolute atomic E-state index is 11.4. The SMILES string of the molecule is CC1(C(=O)O)CCCN(c2snc3ccccc23)C1. The minimum absolute atomic E-state index is 0.564. The maximum atomic E-state index is 11.4. The van der Waals surface area contributed by atoms with E-state index in [1.165, 1.54) is 11.5 Å². The molecule has 1 aliphatic heterocycles. The molecule has 2 heterocycles. The number of fused-ring (bicyclic) bond motifs is 1. The van der Waals surface area contributed by atoms with E-state index >= 15 is 0 Å². The average Bonchev–Trinajstić information content (AvgIpc) is 2.82. The monoisotopic (exact) mass is 276 g/mol. The molecule has 0 saturated carbocycles. The van der Waals surface area contributed by atoms with Gasteiger partial charge >= 0.3 is 5.97 Å². The Balaban J connectivity index is 1.96. The molecule has 3 rings (SSSR count). The zero-order valence-electron chi connectivity index (χ0n) is 10.8. The molecule has 0 spiro atoms. The van der Waals surface area contributed by atoms with Crippen molar-refractivity contribution in [3.63, 3.8) is 0 Å². The van der Waals surface area contributed by atoms with Crippen molar-refractivity contribution >= 4 is 33.4 Å². The number of carboxylic acid groups (broad SMARTS) is 1. The molecule has 100 valence electrons. The first-order valence-electron chi connectivity index (χ1n) is 6.43. The van der Waals surface area contributed by atoms with E-state index in [-0.39, 0.29) is 0 Å². The Morgan fingerprint density at radius 2 is 2.26 bits per heavy atom. The van der Waals surface area contributed by atoms with Gasteiger partial charge in [0.05, 0.1) is 10.9 Å². The van der Waals surface area contributed by atoms with Crippen LogP contribution in [0.4, 0.5) is 5.00 Å². The van der Waals surface area contributed by atoms with Gasteiger partial charge in [0, 0.05) is 18.5 Å². The number of carboxylic acids is 1. The molecule has 1 aromatic carbocycles. The van der Waals surface area contributed by atoms with E-state index in [0.29, 0.717) is 6.54 Å². The van der Waals surface area contributed by atoms with E-state index in [0.717, 1.165) is 35.3 Å². The largest absolute Gasteiger partial charge is 0.481 e. The van der Waals surface area contributed by atoms with Crippen molar-refractivity contribution < 1.29 is 9.90 Å². The molecule has 0 aliphatic carbocycles. The van der Waals surface area contributed by atoms with E-state index in [2.05, 4.69) is 15.3 Å². The van der Waals surface area contributed by atoms with Gasteiger partial charge in [-0.3, -0.25) is 4.79 Å². The second kappa shape index (κ2) is 4.49. The predicted molar refractivity (Wildman–Crippen MR) is 76.8 cm³/mol. The molecule has 1 fully saturated rings. The fourth-order valence-corrected chi connectivity index (χ4v) is 3.58. The third kappa shape index (κ3) is 2.08. The standard InChI is InChI=1S/C14H16N2O2S/c1-14(13(17)18)7-4-8-16(9-14)12-10-5-2-3-6-11(10)15-19-12/h2-3,5-6H,4,7-9H2,1H3,(H,17,18). The summed E-state index contributed by atoms with van der Waals surface area (Å²) in [5, 5.41) is 11.6. The van der Waals surface area contributed by atoms with Gasteiger partial charge in [0.2, 0.25) is 0 Å². The average molecular weight is 276 g/mol. The van der Waals surface area contributed by atoms with E-state index in [9.17, 15) is 9.90 Å². The third-order valence-electron chi connectivity index (χ3n) is 3.86. The molecule has 1 aromatic heterocycles. The first-order valence-corrected chi connectivity index (χ1v) is 7.20. The van der Waals surface area contributed by atoms with Crippen molar-refractivity contribution in [1.82, 2.24) is 4.37 Å². The molecular formula is C14H16N2O2S. The highest BCUT2D eigenvalue weighted by Gasteiger charge is 2.38. The molecule has 19 heavy (non-hydrogen) atoms. The number of aliphatic carboxylic acids is 1. The number of rotatable bonds is 2. The van der Waals surface area contributed by atoms with Crippen LogP contribution in [0.15, 0.2) is 24.3 Å². The van der Waals surface area contributed by atoms with Crippen molar-refractivity contribution in [1.29, 1.82) is 0 Å². The van der Waals surface area contributed by atoms with Gasteiger partial charge in [-0.2, -0.15) is 4.37 Å². The number of aromatic nitrogens is 1. The van der Waals surface area contributed by atoms with Crippen LogP contribution >= 0.6 is 11.5 Å². The molecule has 1 saturated heterocycles. The summed E-state index contributed by atoms with van der Waals surface area (Å²) in [6.07, 6.45) is 1.66. The van der Waals surface area contributed by atoms with Crippen LogP contribution in [-0.4, -0.2) is 28.5 Å². The fourth-order valence-electron chi connectivity index (χ4n) is 2.69. The first kappa shape index (κ1) is 12.4. The van der Waals surface area contributed by atoms with Crippen LogP contribution in [0.2, 0.25) is 0 Å². The highest BCUT2D eigenvalue weighted by atomic mass is 32.1. The summed E-state index contributed by atoms with van der Waals surface area (Å²) in [6, 6.07) is 8.03. The third-order valence-corrected chi connectivity index (χ3v) is 4.80. The molecule has 0 amide bonds. The number of benzene rings is 1. The highest BCUT2D eigenvalue weighted by Crippen LogP contribution is 2.37. The van der Waals surface area contributed by atoms with E-state index in [1.54, 1.807) is 0 Å². The maximum Gasteiger partial charge on any atom is 0.311 e. The minimum atomic E-state index is -0.703. The Bertz CT molecular complexity index is 625. The zero-order valence-corrected chi connectivity index (χ0v) is 11.6. The molecule has 4 nitrogen and oxygen atoms in total. The van der Waals surface area contributed by atoms with Gasteiger partial charge in [-0.25, -0.2) is 0 Å². The van der Waals surface area contributed by atoms with E-state index < -0.39 is 11.4 Å². The summed E-state index contributed by atoms with van der Waals surface area (Å²) in [6.45, 7) is 3.31. The Kier molecular flexibility index (Phi) is 2.93. The Labute approximate surface area is 115 Å². The van der Waals surface area contributed by atoms with Gasteiger partial charge in [-0.05, 0) is 43.4 Å². The summed E-state index contributed by atoms with van der Waals surface area (Å²) < 4.78 is 4.44. The summed E-state index contributed by atoms with van der Waals surface area (Å²) in [4.78, 5) is 13.6. The molecule has 1 aliphatic rings. The van der Waals surface area contributed by atoms with E-state index in [4.69, 9.17) is 0 Å². The van der Waals surface area contributed by atoms with E-state index in [1.807, 2.05) is 25.1 Å². The molecule has 1 unspecified atom stereocenters. The van der Waals surface area contributed by atoms with Crippen molar-refractivity contribution in [2.24, 2.45) is 5.41 Å². The smallest absolute Gasteiger partial charge is 0.311 e. The quantitative estimate of drug-likeness (QED) is 0.916. The zero-order chi connectivity index (χ0) is 13.5. The van der Waals surface area contributed by atoms with Crippen LogP contribution in [0.5, 0.6) is 0 Å². The summed E-state index contributed by atoms with van der Waals surface area (Å²) in [5.74, 6) is -0.703. The molecule has 2 aromatic rings. The second-order valence-electron chi connectivity index (χ2n) is 5.40. The Morgan fingerprint density at radius 1 is 1.47 bits per heavy atom. The lowest BCUT2D eigenvalue weighted by Crippen LogP contribution is -2.45. The Morgan fingerprint density at radius 3 is 3.05 bits per heavy atom. The van der Waals surface area contributed by atoms with Crippen molar-refractivity contribution in [2.45, 2.75) is 19.8 Å². The van der Waals surface area contributed by atoms with Gasteiger partial charge in [-0.15, -0.1) is 0 Å². The van der Waals surface area contributed by atoms with Gasteiger partial charge in [0.15, 0.2) is 0 Å². The summed E-state index contributed by atoms with van der Waals surface area (Å²) in [5.41, 5.74) is 0.341. The number of carbonyl (C=O) groups is 1. The normalized spacial score (nSPS) is 23.7. The molecule has 0 radical (unpaired) electrons. The van der Waals surface area contributed by atoms with Crippen LogP contribution in [0.3, 0.4) is 0 Å². The summed E-state index contributed by atoms with van der Waals surface area (Å²) in [7, 11) is 0. The fraction of sp³-hybridized carbons (Fsp3) is 0.429. The van der Waals surface area contributed by atoms with Crippen LogP contribution in [0.1, 0.15) is 19.8 Å². The molecule has 0 bridgehead atoms. The molecule has 1 atom stereocenters. The highest BCUT2D eigenvalue weighted by molar-refractivity contribution is 7.11. The van der Waals surface area contributed by atoms with Crippen molar-refractivity contribution in [2.75, 3.05) is 18.0 Å². The van der Waals surface area contributed by atoms with Crippen molar-refractivity contribution in [3.05, 3.63) is 24.3 Å². The predicted octanol–water partition coefficient (Wildman–Crippen LogP) is 2.99. The Hall–Kier alpha value is -1.62. The van der Waals surface area contributed by atoms with Gasteiger partial charge in [-0.1, -0.05) is 12.1 Å². The van der Waals surface area contributed by atoms with Crippen LogP contribution < -0.4 is 4.90 Å². The second-order valence-corrected chi connectivity index (χ2v) is 6.15. The number of piperidine rings is 1. The molecular weight excluding hydrogens is 260 g/mol. The lowest BCUT2D eigenvalue weighted by molar-refractivity contribution is -0.148. The first-order chi connectivity index (χ1) is 9.10.